The fourth-order valence-corrected chi connectivity index (χ4v) is 1.32. The van der Waals surface area contributed by atoms with Gasteiger partial charge in [-0.05, 0) is 12.2 Å². The zero-order valence-electron chi connectivity index (χ0n) is 4.39. The Morgan fingerprint density at radius 3 is 2.50 bits per heavy atom. The number of rotatable bonds is 1. The van der Waals surface area contributed by atoms with Crippen LogP contribution in [0.25, 0.3) is 0 Å². The van der Waals surface area contributed by atoms with Crippen LogP contribution in [-0.2, 0) is 0 Å². The molecule has 3 N–H and O–H groups in total. The molecule has 1 fully saturated rings. The summed E-state index contributed by atoms with van der Waals surface area (Å²) in [4.78, 5) is 0. The SMILES string of the molecule is NC(=S)NC1CSC1. The molecule has 0 atom stereocenters. The maximum Gasteiger partial charge on any atom is 0.163 e. The van der Waals surface area contributed by atoms with Crippen LogP contribution in [-0.4, -0.2) is 22.7 Å². The first-order chi connectivity index (χ1) is 3.79. The molecule has 1 aliphatic rings. The van der Waals surface area contributed by atoms with Gasteiger partial charge in [0.15, 0.2) is 5.11 Å². The number of hydrogen-bond acceptors (Lipinski definition) is 2. The molecule has 0 aliphatic carbocycles. The lowest BCUT2D eigenvalue weighted by molar-refractivity contribution is 0.725. The molecule has 1 aliphatic heterocycles. The normalized spacial score (nSPS) is 19.5. The van der Waals surface area contributed by atoms with E-state index in [0.29, 0.717) is 11.2 Å². The molecule has 0 radical (unpaired) electrons. The fourth-order valence-electron chi connectivity index (χ4n) is 0.520. The van der Waals surface area contributed by atoms with E-state index in [2.05, 4.69) is 17.5 Å². The maximum atomic E-state index is 5.21. The van der Waals surface area contributed by atoms with E-state index in [4.69, 9.17) is 5.73 Å². The van der Waals surface area contributed by atoms with Gasteiger partial charge < -0.3 is 11.1 Å². The first kappa shape index (κ1) is 6.16. The highest BCUT2D eigenvalue weighted by Crippen LogP contribution is 2.16. The van der Waals surface area contributed by atoms with Crippen molar-refractivity contribution >= 4 is 29.1 Å². The summed E-state index contributed by atoms with van der Waals surface area (Å²) in [5.74, 6) is 2.30. The van der Waals surface area contributed by atoms with Gasteiger partial charge in [0, 0.05) is 17.5 Å². The fraction of sp³-hybridized carbons (Fsp3) is 0.750. The highest BCUT2D eigenvalue weighted by molar-refractivity contribution is 8.00. The van der Waals surface area contributed by atoms with Crippen LogP contribution >= 0.6 is 24.0 Å². The van der Waals surface area contributed by atoms with Crippen molar-refractivity contribution < 1.29 is 0 Å². The van der Waals surface area contributed by atoms with Crippen molar-refractivity contribution in [1.29, 1.82) is 0 Å². The Labute approximate surface area is 58.2 Å². The highest BCUT2D eigenvalue weighted by atomic mass is 32.2. The van der Waals surface area contributed by atoms with Gasteiger partial charge in [0.1, 0.15) is 0 Å². The maximum absolute atomic E-state index is 5.21. The van der Waals surface area contributed by atoms with Gasteiger partial charge in [0.2, 0.25) is 0 Å². The number of thiocarbonyl (C=S) groups is 1. The number of hydrogen-bond donors (Lipinski definition) is 2. The molecule has 46 valence electrons. The predicted molar refractivity (Wildman–Crippen MR) is 41.0 cm³/mol. The number of nitrogens with two attached hydrogens (primary N) is 1. The minimum Gasteiger partial charge on any atom is -0.376 e. The molecule has 8 heavy (non-hydrogen) atoms. The molecule has 0 unspecified atom stereocenters. The Hall–Kier alpha value is 0.0400. The Morgan fingerprint density at radius 1 is 1.75 bits per heavy atom. The van der Waals surface area contributed by atoms with Crippen molar-refractivity contribution in [2.75, 3.05) is 11.5 Å². The van der Waals surface area contributed by atoms with Crippen LogP contribution in [0, 0.1) is 0 Å². The van der Waals surface area contributed by atoms with Crippen LogP contribution in [0.4, 0.5) is 0 Å². The van der Waals surface area contributed by atoms with Crippen LogP contribution in [0.2, 0.25) is 0 Å². The van der Waals surface area contributed by atoms with E-state index in [1.165, 1.54) is 0 Å². The molecule has 1 saturated heterocycles. The molecular formula is C4H8N2S2. The third-order valence-electron chi connectivity index (χ3n) is 0.984. The molecule has 0 spiro atoms. The zero-order chi connectivity index (χ0) is 5.98. The molecule has 0 aromatic rings. The van der Waals surface area contributed by atoms with E-state index in [9.17, 15) is 0 Å². The lowest BCUT2D eigenvalue weighted by Crippen LogP contribution is -2.46. The number of nitrogens with one attached hydrogen (secondary N) is 1. The van der Waals surface area contributed by atoms with Crippen LogP contribution in [0.15, 0.2) is 0 Å². The molecule has 0 saturated carbocycles. The Bertz CT molecular complexity index is 100. The largest absolute Gasteiger partial charge is 0.376 e. The second-order valence-corrected chi connectivity index (χ2v) is 3.26. The third-order valence-corrected chi connectivity index (χ3v) is 2.38. The minimum absolute atomic E-state index is 0.426. The van der Waals surface area contributed by atoms with Crippen molar-refractivity contribution in [3.05, 3.63) is 0 Å². The predicted octanol–water partition coefficient (Wildman–Crippen LogP) is -0.0650. The van der Waals surface area contributed by atoms with Crippen LogP contribution in [0.5, 0.6) is 0 Å². The molecule has 1 rings (SSSR count). The van der Waals surface area contributed by atoms with Crippen LogP contribution in [0.3, 0.4) is 0 Å². The Kier molecular flexibility index (Phi) is 1.96. The van der Waals surface area contributed by atoms with E-state index >= 15 is 0 Å². The van der Waals surface area contributed by atoms with Crippen LogP contribution in [0.1, 0.15) is 0 Å². The summed E-state index contributed by atoms with van der Waals surface area (Å²) in [5.41, 5.74) is 5.21. The second kappa shape index (κ2) is 2.55. The van der Waals surface area contributed by atoms with Gasteiger partial charge in [-0.1, -0.05) is 0 Å². The molecule has 0 aromatic heterocycles. The van der Waals surface area contributed by atoms with Gasteiger partial charge in [0.25, 0.3) is 0 Å². The van der Waals surface area contributed by atoms with Gasteiger partial charge >= 0.3 is 0 Å². The smallest absolute Gasteiger partial charge is 0.163 e. The van der Waals surface area contributed by atoms with Gasteiger partial charge in [-0.2, -0.15) is 11.8 Å². The summed E-state index contributed by atoms with van der Waals surface area (Å²) in [6, 6.07) is 0.553. The Morgan fingerprint density at radius 2 is 2.38 bits per heavy atom. The molecule has 1 heterocycles. The summed E-state index contributed by atoms with van der Waals surface area (Å²) in [5, 5.41) is 3.39. The van der Waals surface area contributed by atoms with Crippen molar-refractivity contribution in [2.24, 2.45) is 5.73 Å². The zero-order valence-corrected chi connectivity index (χ0v) is 6.02. The summed E-state index contributed by atoms with van der Waals surface area (Å²) in [6.07, 6.45) is 0. The average Bonchev–Trinajstić information content (AvgIpc) is 1.55. The van der Waals surface area contributed by atoms with E-state index in [1.54, 1.807) is 0 Å². The molecular weight excluding hydrogens is 140 g/mol. The van der Waals surface area contributed by atoms with Crippen LogP contribution < -0.4 is 11.1 Å². The van der Waals surface area contributed by atoms with Crippen molar-refractivity contribution in [3.63, 3.8) is 0 Å². The highest BCUT2D eigenvalue weighted by Gasteiger charge is 2.16. The molecule has 0 aromatic carbocycles. The van der Waals surface area contributed by atoms with Gasteiger partial charge in [-0.3, -0.25) is 0 Å². The van der Waals surface area contributed by atoms with E-state index in [1.807, 2.05) is 11.8 Å². The molecule has 0 amide bonds. The summed E-state index contributed by atoms with van der Waals surface area (Å²) in [6.45, 7) is 0. The number of thioether (sulfide) groups is 1. The van der Waals surface area contributed by atoms with Gasteiger partial charge in [-0.15, -0.1) is 0 Å². The molecule has 4 heteroatoms. The monoisotopic (exact) mass is 148 g/mol. The topological polar surface area (TPSA) is 38.0 Å². The van der Waals surface area contributed by atoms with Crippen molar-refractivity contribution in [1.82, 2.24) is 5.32 Å². The van der Waals surface area contributed by atoms with E-state index < -0.39 is 0 Å². The Balaban J connectivity index is 2.09. The summed E-state index contributed by atoms with van der Waals surface area (Å²) < 4.78 is 0. The average molecular weight is 148 g/mol. The summed E-state index contributed by atoms with van der Waals surface area (Å²) >= 11 is 6.54. The van der Waals surface area contributed by atoms with E-state index in [-0.39, 0.29) is 0 Å². The van der Waals surface area contributed by atoms with Crippen molar-refractivity contribution in [3.8, 4) is 0 Å². The van der Waals surface area contributed by atoms with Gasteiger partial charge in [-0.25, -0.2) is 0 Å². The third kappa shape index (κ3) is 1.52. The van der Waals surface area contributed by atoms with E-state index in [0.717, 1.165) is 11.5 Å². The first-order valence-electron chi connectivity index (χ1n) is 2.43. The summed E-state index contributed by atoms with van der Waals surface area (Å²) in [7, 11) is 0. The minimum atomic E-state index is 0.426. The molecule has 2 nitrogen and oxygen atoms in total. The lowest BCUT2D eigenvalue weighted by Gasteiger charge is -2.25. The second-order valence-electron chi connectivity index (χ2n) is 1.74. The van der Waals surface area contributed by atoms with Gasteiger partial charge in [0.05, 0.1) is 0 Å². The first-order valence-corrected chi connectivity index (χ1v) is 3.99. The van der Waals surface area contributed by atoms with Crippen molar-refractivity contribution in [2.45, 2.75) is 6.04 Å². The standard InChI is InChI=1S/C4H8N2S2/c5-4(7)6-3-1-8-2-3/h3H,1-2H2,(H3,5,6,7). The quantitative estimate of drug-likeness (QED) is 0.511. The lowest BCUT2D eigenvalue weighted by atomic mass is 10.4. The molecule has 0 bridgehead atoms.